The zero-order chi connectivity index (χ0) is 18.5. The van der Waals surface area contributed by atoms with E-state index in [2.05, 4.69) is 10.3 Å². The molecule has 138 valence electrons. The third kappa shape index (κ3) is 4.47. The van der Waals surface area contributed by atoms with E-state index in [1.165, 1.54) is 29.8 Å². The molecule has 1 N–H and O–H groups in total. The predicted octanol–water partition coefficient (Wildman–Crippen LogP) is 2.29. The number of thiazole rings is 1. The Balaban J connectivity index is 1.62. The van der Waals surface area contributed by atoms with Gasteiger partial charge in [-0.1, -0.05) is 6.07 Å². The molecule has 0 spiro atoms. The number of carbonyl (C=O) groups is 3. The molecule has 9 heteroatoms. The summed E-state index contributed by atoms with van der Waals surface area (Å²) in [5, 5.41) is 7.20. The normalized spacial score (nSPS) is 15.1. The standard InChI is InChI=1S/C17H19N3O4S2/c1-24-16(23)9-12(13-4-3-7-25-13)19-14(21)8-11-10-26-17(18-11)20-6-2-5-15(20)22/h3-4,7,10,12H,2,5-6,8-9H2,1H3,(H,19,21)/t12-/m1/s1. The van der Waals surface area contributed by atoms with Crippen molar-refractivity contribution >= 4 is 45.6 Å². The molecule has 1 aliphatic rings. The Morgan fingerprint density at radius 3 is 2.92 bits per heavy atom. The number of aromatic nitrogens is 1. The fourth-order valence-corrected chi connectivity index (χ4v) is 4.37. The molecule has 1 aliphatic heterocycles. The summed E-state index contributed by atoms with van der Waals surface area (Å²) in [6.07, 6.45) is 1.56. The number of methoxy groups -OCH3 is 1. The fourth-order valence-electron chi connectivity index (χ4n) is 2.72. The first-order chi connectivity index (χ1) is 12.6. The van der Waals surface area contributed by atoms with Crippen molar-refractivity contribution in [2.45, 2.75) is 31.7 Å². The minimum atomic E-state index is -0.423. The van der Waals surface area contributed by atoms with Crippen LogP contribution in [-0.4, -0.2) is 36.4 Å². The van der Waals surface area contributed by atoms with Crippen LogP contribution in [0.25, 0.3) is 0 Å². The molecule has 2 amide bonds. The third-order valence-electron chi connectivity index (χ3n) is 4.01. The van der Waals surface area contributed by atoms with Gasteiger partial charge in [-0.2, -0.15) is 0 Å². The van der Waals surface area contributed by atoms with Crippen molar-refractivity contribution in [1.29, 1.82) is 0 Å². The maximum absolute atomic E-state index is 12.4. The maximum atomic E-state index is 12.4. The van der Waals surface area contributed by atoms with Crippen molar-refractivity contribution in [3.05, 3.63) is 33.5 Å². The number of anilines is 1. The molecule has 0 unspecified atom stereocenters. The van der Waals surface area contributed by atoms with E-state index in [0.29, 0.717) is 23.8 Å². The monoisotopic (exact) mass is 393 g/mol. The van der Waals surface area contributed by atoms with Crippen molar-refractivity contribution in [2.75, 3.05) is 18.6 Å². The van der Waals surface area contributed by atoms with Gasteiger partial charge in [0, 0.05) is 23.2 Å². The molecular weight excluding hydrogens is 374 g/mol. The average molecular weight is 393 g/mol. The van der Waals surface area contributed by atoms with Gasteiger partial charge in [0.2, 0.25) is 11.8 Å². The smallest absolute Gasteiger partial charge is 0.307 e. The average Bonchev–Trinajstić information content (AvgIpc) is 3.35. The number of amides is 2. The minimum absolute atomic E-state index is 0.0752. The van der Waals surface area contributed by atoms with Crippen LogP contribution in [0.5, 0.6) is 0 Å². The molecule has 0 radical (unpaired) electrons. The molecular formula is C17H19N3O4S2. The van der Waals surface area contributed by atoms with Crippen LogP contribution in [0.4, 0.5) is 5.13 Å². The predicted molar refractivity (Wildman–Crippen MR) is 99.2 cm³/mol. The first-order valence-corrected chi connectivity index (χ1v) is 9.97. The van der Waals surface area contributed by atoms with Gasteiger partial charge in [0.25, 0.3) is 0 Å². The van der Waals surface area contributed by atoms with Crippen LogP contribution in [-0.2, 0) is 25.5 Å². The number of thiophene rings is 1. The number of carbonyl (C=O) groups excluding carboxylic acids is 3. The Morgan fingerprint density at radius 2 is 2.27 bits per heavy atom. The second kappa shape index (κ2) is 8.41. The van der Waals surface area contributed by atoms with Crippen molar-refractivity contribution in [2.24, 2.45) is 0 Å². The summed E-state index contributed by atoms with van der Waals surface area (Å²) in [6, 6.07) is 3.32. The van der Waals surface area contributed by atoms with Crippen LogP contribution in [0.15, 0.2) is 22.9 Å². The summed E-state index contributed by atoms with van der Waals surface area (Å²) in [7, 11) is 1.33. The molecule has 1 saturated heterocycles. The highest BCUT2D eigenvalue weighted by Crippen LogP contribution is 2.26. The van der Waals surface area contributed by atoms with Crippen molar-refractivity contribution in [1.82, 2.24) is 10.3 Å². The van der Waals surface area contributed by atoms with Gasteiger partial charge in [0.05, 0.1) is 31.7 Å². The van der Waals surface area contributed by atoms with E-state index in [1.54, 1.807) is 10.3 Å². The van der Waals surface area contributed by atoms with Gasteiger partial charge in [-0.25, -0.2) is 4.98 Å². The van der Waals surface area contributed by atoms with E-state index in [1.807, 2.05) is 17.5 Å². The van der Waals surface area contributed by atoms with E-state index in [9.17, 15) is 14.4 Å². The minimum Gasteiger partial charge on any atom is -0.469 e. The Bertz CT molecular complexity index is 788. The third-order valence-corrected chi connectivity index (χ3v) is 5.90. The number of ether oxygens (including phenoxy) is 1. The molecule has 26 heavy (non-hydrogen) atoms. The summed E-state index contributed by atoms with van der Waals surface area (Å²) in [5.41, 5.74) is 0.616. The number of nitrogens with zero attached hydrogens (tertiary/aromatic N) is 2. The largest absolute Gasteiger partial charge is 0.469 e. The van der Waals surface area contributed by atoms with Gasteiger partial charge in [-0.3, -0.25) is 19.3 Å². The Hall–Kier alpha value is -2.26. The van der Waals surface area contributed by atoms with Crippen LogP contribution in [0.1, 0.15) is 35.9 Å². The quantitative estimate of drug-likeness (QED) is 0.729. The fraction of sp³-hybridized carbons (Fsp3) is 0.412. The summed E-state index contributed by atoms with van der Waals surface area (Å²) in [6.45, 7) is 0.678. The lowest BCUT2D eigenvalue weighted by molar-refractivity contribution is -0.141. The van der Waals surface area contributed by atoms with Crippen molar-refractivity contribution in [3.63, 3.8) is 0 Å². The van der Waals surface area contributed by atoms with Crippen LogP contribution >= 0.6 is 22.7 Å². The number of hydrogen-bond donors (Lipinski definition) is 1. The first kappa shape index (κ1) is 18.5. The van der Waals surface area contributed by atoms with Gasteiger partial charge in [0.15, 0.2) is 5.13 Å². The van der Waals surface area contributed by atoms with Crippen LogP contribution in [0.2, 0.25) is 0 Å². The van der Waals surface area contributed by atoms with Gasteiger partial charge < -0.3 is 10.1 Å². The van der Waals surface area contributed by atoms with Gasteiger partial charge >= 0.3 is 5.97 Å². The summed E-state index contributed by atoms with van der Waals surface area (Å²) in [5.74, 6) is -0.532. The molecule has 0 bridgehead atoms. The van der Waals surface area contributed by atoms with Crippen LogP contribution in [0, 0.1) is 0 Å². The van der Waals surface area contributed by atoms with E-state index in [-0.39, 0.29) is 30.6 Å². The Morgan fingerprint density at radius 1 is 1.42 bits per heavy atom. The van der Waals surface area contributed by atoms with Gasteiger partial charge in [0.1, 0.15) is 0 Å². The summed E-state index contributed by atoms with van der Waals surface area (Å²) < 4.78 is 4.72. The van der Waals surface area contributed by atoms with Gasteiger partial charge in [-0.15, -0.1) is 22.7 Å². The van der Waals surface area contributed by atoms with E-state index in [0.717, 1.165) is 11.3 Å². The molecule has 2 aromatic heterocycles. The number of esters is 1. The van der Waals surface area contributed by atoms with Crippen LogP contribution < -0.4 is 10.2 Å². The second-order valence-electron chi connectivity index (χ2n) is 5.86. The van der Waals surface area contributed by atoms with E-state index in [4.69, 9.17) is 4.74 Å². The SMILES string of the molecule is COC(=O)C[C@@H](NC(=O)Cc1csc(N2CCCC2=O)n1)c1cccs1. The summed E-state index contributed by atoms with van der Waals surface area (Å²) >= 11 is 2.84. The molecule has 3 rings (SSSR count). The van der Waals surface area contributed by atoms with Crippen molar-refractivity contribution < 1.29 is 19.1 Å². The second-order valence-corrected chi connectivity index (χ2v) is 7.68. The lowest BCUT2D eigenvalue weighted by Crippen LogP contribution is -2.31. The molecule has 0 aliphatic carbocycles. The lowest BCUT2D eigenvalue weighted by Gasteiger charge is -2.16. The molecule has 7 nitrogen and oxygen atoms in total. The highest BCUT2D eigenvalue weighted by Gasteiger charge is 2.25. The topological polar surface area (TPSA) is 88.6 Å². The van der Waals surface area contributed by atoms with Gasteiger partial charge in [-0.05, 0) is 17.9 Å². The molecule has 2 aromatic rings. The lowest BCUT2D eigenvalue weighted by atomic mass is 10.1. The molecule has 1 fully saturated rings. The van der Waals surface area contributed by atoms with E-state index >= 15 is 0 Å². The number of hydrogen-bond acceptors (Lipinski definition) is 7. The van der Waals surface area contributed by atoms with Crippen LogP contribution in [0.3, 0.4) is 0 Å². The molecule has 0 saturated carbocycles. The first-order valence-electron chi connectivity index (χ1n) is 8.21. The molecule has 1 atom stereocenters. The number of rotatable bonds is 7. The zero-order valence-electron chi connectivity index (χ0n) is 14.3. The zero-order valence-corrected chi connectivity index (χ0v) is 15.9. The molecule has 3 heterocycles. The Kier molecular flexibility index (Phi) is 6.00. The highest BCUT2D eigenvalue weighted by molar-refractivity contribution is 7.14. The Labute approximate surface area is 159 Å². The molecule has 0 aromatic carbocycles. The maximum Gasteiger partial charge on any atom is 0.307 e. The number of nitrogens with one attached hydrogen (secondary N) is 1. The summed E-state index contributed by atoms with van der Waals surface area (Å²) in [4.78, 5) is 42.8. The van der Waals surface area contributed by atoms with E-state index < -0.39 is 6.04 Å². The highest BCUT2D eigenvalue weighted by atomic mass is 32.1. The van der Waals surface area contributed by atoms with Crippen molar-refractivity contribution in [3.8, 4) is 0 Å².